The fourth-order valence-corrected chi connectivity index (χ4v) is 3.75. The Kier molecular flexibility index (Phi) is 5.10. The molecule has 1 heterocycles. The van der Waals surface area contributed by atoms with Crippen LogP contribution in [0.5, 0.6) is 0 Å². The highest BCUT2D eigenvalue weighted by Gasteiger charge is 2.49. The summed E-state index contributed by atoms with van der Waals surface area (Å²) in [7, 11) is -3.68. The number of primary sulfonamides is 1. The van der Waals surface area contributed by atoms with Crippen LogP contribution in [0.4, 0.5) is 0 Å². The fraction of sp³-hybridized carbons (Fsp3) is 0.529. The number of sulfonamides is 1. The second-order valence-corrected chi connectivity index (χ2v) is 8.27. The van der Waals surface area contributed by atoms with Crippen LogP contribution in [-0.4, -0.2) is 44.8 Å². The predicted octanol–water partition coefficient (Wildman–Crippen LogP) is 0.251. The maximum atomic E-state index is 12.2. The molecule has 7 nitrogen and oxygen atoms in total. The Labute approximate surface area is 147 Å². The van der Waals surface area contributed by atoms with Gasteiger partial charge < -0.3 is 10.2 Å². The van der Waals surface area contributed by atoms with E-state index in [1.165, 1.54) is 12.1 Å². The standard InChI is InChI=1S/C17H23N3O4S/c18-25(23,24)13-5-3-12(4-6-13)7-8-19-16(21)14-11-15(14)17(22)20-9-1-2-10-20/h3-6,14-15H,1-2,7-11H2,(H,19,21)(H2,18,23,24). The zero-order valence-corrected chi connectivity index (χ0v) is 14.8. The Morgan fingerprint density at radius 1 is 1.12 bits per heavy atom. The minimum absolute atomic E-state index is 0.0706. The largest absolute Gasteiger partial charge is 0.356 e. The average molecular weight is 365 g/mol. The van der Waals surface area contributed by atoms with Crippen LogP contribution in [-0.2, 0) is 26.0 Å². The van der Waals surface area contributed by atoms with E-state index in [4.69, 9.17) is 5.14 Å². The molecular formula is C17H23N3O4S. The van der Waals surface area contributed by atoms with Gasteiger partial charge in [-0.2, -0.15) is 0 Å². The molecule has 0 bridgehead atoms. The highest BCUT2D eigenvalue weighted by atomic mass is 32.2. The molecule has 2 amide bonds. The van der Waals surface area contributed by atoms with E-state index in [1.54, 1.807) is 12.1 Å². The minimum Gasteiger partial charge on any atom is -0.356 e. The zero-order chi connectivity index (χ0) is 18.0. The molecule has 1 saturated heterocycles. The molecule has 0 radical (unpaired) electrons. The number of likely N-dealkylation sites (tertiary alicyclic amines) is 1. The van der Waals surface area contributed by atoms with Crippen molar-refractivity contribution in [2.24, 2.45) is 17.0 Å². The van der Waals surface area contributed by atoms with Crippen LogP contribution < -0.4 is 10.5 Å². The van der Waals surface area contributed by atoms with Gasteiger partial charge in [-0.1, -0.05) is 12.1 Å². The zero-order valence-electron chi connectivity index (χ0n) is 14.0. The van der Waals surface area contributed by atoms with Crippen molar-refractivity contribution in [3.63, 3.8) is 0 Å². The normalized spacial score (nSPS) is 22.7. The summed E-state index contributed by atoms with van der Waals surface area (Å²) < 4.78 is 22.4. The molecule has 1 aromatic carbocycles. The van der Waals surface area contributed by atoms with E-state index in [9.17, 15) is 18.0 Å². The van der Waals surface area contributed by atoms with Gasteiger partial charge in [-0.3, -0.25) is 9.59 Å². The van der Waals surface area contributed by atoms with Crippen LogP contribution in [0.15, 0.2) is 29.2 Å². The number of carbonyl (C=O) groups is 2. The van der Waals surface area contributed by atoms with E-state index in [0.717, 1.165) is 31.5 Å². The molecule has 25 heavy (non-hydrogen) atoms. The molecule has 1 aliphatic carbocycles. The molecule has 0 aromatic heterocycles. The summed E-state index contributed by atoms with van der Waals surface area (Å²) in [5.41, 5.74) is 0.910. The highest BCUT2D eigenvalue weighted by Crippen LogP contribution is 2.40. The van der Waals surface area contributed by atoms with Gasteiger partial charge in [0.05, 0.1) is 16.7 Å². The number of rotatable bonds is 6. The SMILES string of the molecule is NS(=O)(=O)c1ccc(CCNC(=O)C2CC2C(=O)N2CCCC2)cc1. The molecular weight excluding hydrogens is 342 g/mol. The Hall–Kier alpha value is -1.93. The van der Waals surface area contributed by atoms with E-state index in [0.29, 0.717) is 19.4 Å². The van der Waals surface area contributed by atoms with Crippen molar-refractivity contribution in [2.75, 3.05) is 19.6 Å². The maximum Gasteiger partial charge on any atom is 0.238 e. The lowest BCUT2D eigenvalue weighted by molar-refractivity contribution is -0.133. The second-order valence-electron chi connectivity index (χ2n) is 6.71. The van der Waals surface area contributed by atoms with E-state index >= 15 is 0 Å². The average Bonchev–Trinajstić information content (AvgIpc) is 3.19. The number of nitrogens with one attached hydrogen (secondary N) is 1. The van der Waals surface area contributed by atoms with Gasteiger partial charge in [0.2, 0.25) is 21.8 Å². The van der Waals surface area contributed by atoms with Crippen LogP contribution in [0, 0.1) is 11.8 Å². The van der Waals surface area contributed by atoms with Crippen LogP contribution in [0.3, 0.4) is 0 Å². The Bertz CT molecular complexity index is 755. The van der Waals surface area contributed by atoms with Gasteiger partial charge in [0, 0.05) is 19.6 Å². The summed E-state index contributed by atoms with van der Waals surface area (Å²) in [4.78, 5) is 26.3. The number of nitrogens with two attached hydrogens (primary N) is 1. The monoisotopic (exact) mass is 365 g/mol. The number of hydrogen-bond acceptors (Lipinski definition) is 4. The molecule has 136 valence electrons. The second kappa shape index (κ2) is 7.13. The lowest BCUT2D eigenvalue weighted by atomic mass is 10.1. The lowest BCUT2D eigenvalue weighted by Crippen LogP contribution is -2.33. The van der Waals surface area contributed by atoms with Gasteiger partial charge in [-0.25, -0.2) is 13.6 Å². The Morgan fingerprint density at radius 3 is 2.36 bits per heavy atom. The van der Waals surface area contributed by atoms with E-state index in [-0.39, 0.29) is 28.5 Å². The molecule has 0 spiro atoms. The summed E-state index contributed by atoms with van der Waals surface area (Å²) in [6, 6.07) is 6.28. The first-order valence-corrected chi connectivity index (χ1v) is 10.1. The summed E-state index contributed by atoms with van der Waals surface area (Å²) in [6.45, 7) is 2.09. The fourth-order valence-electron chi connectivity index (χ4n) is 3.24. The van der Waals surface area contributed by atoms with Crippen molar-refractivity contribution in [3.05, 3.63) is 29.8 Å². The third-order valence-electron chi connectivity index (χ3n) is 4.83. The highest BCUT2D eigenvalue weighted by molar-refractivity contribution is 7.89. The number of amides is 2. The molecule has 8 heteroatoms. The van der Waals surface area contributed by atoms with Crippen molar-refractivity contribution in [1.29, 1.82) is 0 Å². The van der Waals surface area contributed by atoms with E-state index in [2.05, 4.69) is 5.32 Å². The minimum atomic E-state index is -3.68. The molecule has 2 fully saturated rings. The maximum absolute atomic E-state index is 12.2. The molecule has 2 atom stereocenters. The first kappa shape index (κ1) is 17.9. The third kappa shape index (κ3) is 4.38. The summed E-state index contributed by atoms with van der Waals surface area (Å²) in [5.74, 6) is -0.292. The first-order chi connectivity index (χ1) is 11.9. The molecule has 3 rings (SSSR count). The van der Waals surface area contributed by atoms with Crippen molar-refractivity contribution < 1.29 is 18.0 Å². The van der Waals surface area contributed by atoms with E-state index < -0.39 is 10.0 Å². The smallest absolute Gasteiger partial charge is 0.238 e. The van der Waals surface area contributed by atoms with Crippen molar-refractivity contribution in [3.8, 4) is 0 Å². The van der Waals surface area contributed by atoms with Gasteiger partial charge >= 0.3 is 0 Å². The van der Waals surface area contributed by atoms with Gasteiger partial charge in [-0.05, 0) is 43.4 Å². The van der Waals surface area contributed by atoms with Crippen molar-refractivity contribution in [2.45, 2.75) is 30.6 Å². The van der Waals surface area contributed by atoms with Crippen molar-refractivity contribution >= 4 is 21.8 Å². The predicted molar refractivity (Wildman–Crippen MR) is 91.9 cm³/mol. The van der Waals surface area contributed by atoms with Crippen LogP contribution in [0.2, 0.25) is 0 Å². The summed E-state index contributed by atoms with van der Waals surface area (Å²) in [5, 5.41) is 7.91. The van der Waals surface area contributed by atoms with E-state index in [1.807, 2.05) is 4.90 Å². The number of hydrogen-bond donors (Lipinski definition) is 2. The molecule has 3 N–H and O–H groups in total. The first-order valence-electron chi connectivity index (χ1n) is 8.54. The van der Waals surface area contributed by atoms with Gasteiger partial charge in [-0.15, -0.1) is 0 Å². The molecule has 2 aliphatic rings. The van der Waals surface area contributed by atoms with Crippen molar-refractivity contribution in [1.82, 2.24) is 10.2 Å². The topological polar surface area (TPSA) is 110 Å². The third-order valence-corrected chi connectivity index (χ3v) is 5.76. The summed E-state index contributed by atoms with van der Waals surface area (Å²) >= 11 is 0. The Morgan fingerprint density at radius 2 is 1.76 bits per heavy atom. The number of nitrogens with zero attached hydrogens (tertiary/aromatic N) is 1. The van der Waals surface area contributed by atoms with Gasteiger partial charge in [0.1, 0.15) is 0 Å². The molecule has 2 unspecified atom stereocenters. The molecule has 1 aliphatic heterocycles. The van der Waals surface area contributed by atoms with Crippen LogP contribution >= 0.6 is 0 Å². The van der Waals surface area contributed by atoms with Gasteiger partial charge in [0.15, 0.2) is 0 Å². The van der Waals surface area contributed by atoms with Crippen LogP contribution in [0.1, 0.15) is 24.8 Å². The van der Waals surface area contributed by atoms with Gasteiger partial charge in [0.25, 0.3) is 0 Å². The Balaban J connectivity index is 1.42. The molecule has 1 saturated carbocycles. The quantitative estimate of drug-likeness (QED) is 0.753. The summed E-state index contributed by atoms with van der Waals surface area (Å²) in [6.07, 6.45) is 3.34. The number of benzene rings is 1. The lowest BCUT2D eigenvalue weighted by Gasteiger charge is -2.14. The molecule has 1 aromatic rings. The van der Waals surface area contributed by atoms with Crippen LogP contribution in [0.25, 0.3) is 0 Å². The number of carbonyl (C=O) groups excluding carboxylic acids is 2.